The lowest BCUT2D eigenvalue weighted by atomic mass is 9.55. The lowest BCUT2D eigenvalue weighted by Crippen LogP contribution is -2.70. The van der Waals surface area contributed by atoms with E-state index in [-0.39, 0.29) is 76.2 Å². The van der Waals surface area contributed by atoms with E-state index >= 15 is 4.79 Å². The molecule has 4 aromatic carbocycles. The zero-order valence-corrected chi connectivity index (χ0v) is 38.9. The van der Waals surface area contributed by atoms with Crippen LogP contribution >= 0.6 is 0 Å². The Balaban J connectivity index is 1.27. The molecule has 2 heterocycles. The van der Waals surface area contributed by atoms with Crippen molar-refractivity contribution in [2.45, 2.75) is 82.8 Å². The van der Waals surface area contributed by atoms with E-state index in [1.807, 2.05) is 67.6 Å². The zero-order valence-electron chi connectivity index (χ0n) is 38.9. The highest BCUT2D eigenvalue weighted by atomic mass is 16.7. The number of unbranched alkanes of at least 4 members (excludes halogenated alkanes) is 2. The van der Waals surface area contributed by atoms with Gasteiger partial charge in [-0.3, -0.25) is 15.0 Å². The SMILES string of the molecule is C=CCO[C@@]12Oc3ccc(Oc4cccc([N+](=O)[O-])c4)cc3[C@H]3[C@H](CCCCO)[C@@H](CCCCO)C=C(C(=NOCC)C[C@@H]1N(Cc1ccc4c(c1)OCO4)C(=O)OCCOCc1ccccc1)[C@H]32. The highest BCUT2D eigenvalue weighted by molar-refractivity contribution is 6.03. The molecule has 2 aliphatic carbocycles. The first kappa shape index (κ1) is 49.0. The first-order valence-corrected chi connectivity index (χ1v) is 23.8. The molecule has 1 saturated carbocycles. The standard InChI is InChI=1S/C53H61N3O13/c1-3-25-66-53-49(55(33-37-19-21-47-48(28-37)65-35-64-47)52(59)63-27-26-62-34-36-13-6-5-7-14-36)32-45(54-67-4-2)43-29-38(15-8-10-23-57)42(18-9-11-24-58)50(51(43)53)44-31-41(20-22-46(44)69-53)68-40-17-12-16-39(30-40)56(60)61/h3,5-7,12-14,16-17,19-22,28-31,38,42,49-51,57-58H,1,4,8-11,15,18,23-27,32-35H2,2H3/t38-,42+,49-,50+,51+,53+/m0/s1. The van der Waals surface area contributed by atoms with E-state index in [0.717, 1.165) is 47.9 Å². The summed E-state index contributed by atoms with van der Waals surface area (Å²) in [7, 11) is 0. The number of nitro benzene ring substituents is 1. The van der Waals surface area contributed by atoms with Crippen molar-refractivity contribution in [2.24, 2.45) is 22.9 Å². The maximum Gasteiger partial charge on any atom is 0.410 e. The number of hydrogen-bond acceptors (Lipinski definition) is 14. The summed E-state index contributed by atoms with van der Waals surface area (Å²) in [6.07, 6.45) is 7.64. The maximum atomic E-state index is 15.0. The van der Waals surface area contributed by atoms with Crippen LogP contribution in [0.5, 0.6) is 28.7 Å². The molecule has 0 unspecified atom stereocenters. The van der Waals surface area contributed by atoms with Crippen molar-refractivity contribution in [2.75, 3.05) is 46.4 Å². The number of fused-ring (bicyclic) bond motifs is 3. The van der Waals surface area contributed by atoms with Crippen molar-refractivity contribution < 1.29 is 57.9 Å². The van der Waals surface area contributed by atoms with E-state index in [1.54, 1.807) is 29.2 Å². The van der Waals surface area contributed by atoms with Gasteiger partial charge in [-0.15, -0.1) is 6.58 Å². The van der Waals surface area contributed by atoms with Crippen LogP contribution in [0.4, 0.5) is 10.5 Å². The van der Waals surface area contributed by atoms with Crippen LogP contribution in [0, 0.1) is 27.9 Å². The second-order valence-electron chi connectivity index (χ2n) is 17.5. The number of rotatable bonds is 24. The zero-order chi connectivity index (χ0) is 48.2. The number of ether oxygens (including phenoxy) is 7. The summed E-state index contributed by atoms with van der Waals surface area (Å²) in [6.45, 7) is 6.94. The number of allylic oxidation sites excluding steroid dienone is 1. The van der Waals surface area contributed by atoms with Gasteiger partial charge in [0.25, 0.3) is 5.69 Å². The van der Waals surface area contributed by atoms with Gasteiger partial charge in [-0.05, 0) is 97.5 Å². The summed E-state index contributed by atoms with van der Waals surface area (Å²) in [6, 6.07) is 26.0. The van der Waals surface area contributed by atoms with Gasteiger partial charge in [0.2, 0.25) is 12.6 Å². The number of carbonyl (C=O) groups excluding carboxylic acids is 1. The van der Waals surface area contributed by atoms with Gasteiger partial charge in [-0.1, -0.05) is 72.6 Å². The smallest absolute Gasteiger partial charge is 0.410 e. The lowest BCUT2D eigenvalue weighted by Gasteiger charge is -2.59. The summed E-state index contributed by atoms with van der Waals surface area (Å²) >= 11 is 0. The molecule has 0 aromatic heterocycles. The van der Waals surface area contributed by atoms with Crippen molar-refractivity contribution >= 4 is 17.5 Å². The number of nitro groups is 1. The average molecular weight is 948 g/mol. The van der Waals surface area contributed by atoms with Gasteiger partial charge in [0.15, 0.2) is 11.5 Å². The van der Waals surface area contributed by atoms with Gasteiger partial charge in [-0.25, -0.2) is 4.79 Å². The van der Waals surface area contributed by atoms with E-state index in [1.165, 1.54) is 12.1 Å². The Kier molecular flexibility index (Phi) is 16.5. The number of hydrogen-bond donors (Lipinski definition) is 2. The molecule has 4 aromatic rings. The van der Waals surface area contributed by atoms with Crippen LogP contribution in [0.25, 0.3) is 0 Å². The minimum absolute atomic E-state index is 0.00939. The van der Waals surface area contributed by atoms with Crippen molar-refractivity contribution in [1.29, 1.82) is 0 Å². The van der Waals surface area contributed by atoms with Crippen LogP contribution in [0.3, 0.4) is 0 Å². The van der Waals surface area contributed by atoms with Gasteiger partial charge in [0.1, 0.15) is 36.5 Å². The van der Waals surface area contributed by atoms with Crippen LogP contribution < -0.4 is 18.9 Å². The van der Waals surface area contributed by atoms with Crippen molar-refractivity contribution in [3.8, 4) is 28.7 Å². The molecule has 1 fully saturated rings. The third-order valence-corrected chi connectivity index (χ3v) is 13.2. The Hall–Kier alpha value is -6.46. The second-order valence-corrected chi connectivity index (χ2v) is 17.5. The van der Waals surface area contributed by atoms with E-state index < -0.39 is 28.8 Å². The predicted molar refractivity (Wildman–Crippen MR) is 255 cm³/mol. The van der Waals surface area contributed by atoms with Crippen LogP contribution in [0.1, 0.15) is 74.5 Å². The van der Waals surface area contributed by atoms with Crippen molar-refractivity contribution in [1.82, 2.24) is 4.90 Å². The van der Waals surface area contributed by atoms with E-state index in [4.69, 9.17) is 43.2 Å². The Bertz CT molecular complexity index is 2460. The quantitative estimate of drug-likeness (QED) is 0.0293. The molecule has 0 radical (unpaired) electrons. The molecule has 69 heavy (non-hydrogen) atoms. The minimum Gasteiger partial charge on any atom is -0.459 e. The van der Waals surface area contributed by atoms with Gasteiger partial charge in [-0.2, -0.15) is 0 Å². The second kappa shape index (κ2) is 23.2. The first-order chi connectivity index (χ1) is 33.8. The highest BCUT2D eigenvalue weighted by Gasteiger charge is 2.65. The number of amides is 1. The van der Waals surface area contributed by atoms with E-state index in [0.29, 0.717) is 60.5 Å². The monoisotopic (exact) mass is 947 g/mol. The summed E-state index contributed by atoms with van der Waals surface area (Å²) in [5, 5.41) is 36.5. The molecule has 0 saturated heterocycles. The number of carbonyl (C=O) groups is 1. The number of benzene rings is 4. The Morgan fingerprint density at radius 1 is 0.913 bits per heavy atom. The molecular formula is C53H61N3O13. The van der Waals surface area contributed by atoms with Crippen molar-refractivity contribution in [3.05, 3.63) is 142 Å². The molecule has 2 N–H and O–H groups in total. The summed E-state index contributed by atoms with van der Waals surface area (Å²) < 4.78 is 44.3. The minimum atomic E-state index is -1.57. The number of nitrogens with zero attached hydrogens (tertiary/aromatic N) is 3. The molecule has 16 heteroatoms. The molecule has 4 aliphatic rings. The largest absolute Gasteiger partial charge is 0.459 e. The Morgan fingerprint density at radius 3 is 2.48 bits per heavy atom. The summed E-state index contributed by atoms with van der Waals surface area (Å²) in [4.78, 5) is 33.8. The molecule has 2 aliphatic heterocycles. The molecule has 1 amide bonds. The van der Waals surface area contributed by atoms with E-state index in [9.17, 15) is 20.3 Å². The molecule has 0 spiro atoms. The average Bonchev–Trinajstić information content (AvgIpc) is 3.84. The lowest BCUT2D eigenvalue weighted by molar-refractivity contribution is -0.384. The normalized spacial score (nSPS) is 22.4. The van der Waals surface area contributed by atoms with Crippen LogP contribution in [0.2, 0.25) is 0 Å². The fourth-order valence-electron chi connectivity index (χ4n) is 10.2. The highest BCUT2D eigenvalue weighted by Crippen LogP contribution is 2.62. The molecule has 366 valence electrons. The number of aliphatic hydroxyl groups is 2. The van der Waals surface area contributed by atoms with E-state index in [2.05, 4.69) is 12.7 Å². The number of aliphatic hydroxyl groups excluding tert-OH is 2. The Morgan fingerprint density at radius 2 is 1.70 bits per heavy atom. The summed E-state index contributed by atoms with van der Waals surface area (Å²) in [5.41, 5.74) is 3.94. The molecule has 16 nitrogen and oxygen atoms in total. The van der Waals surface area contributed by atoms with Crippen LogP contribution in [-0.4, -0.2) is 90.1 Å². The molecule has 6 atom stereocenters. The third-order valence-electron chi connectivity index (χ3n) is 13.2. The first-order valence-electron chi connectivity index (χ1n) is 23.8. The predicted octanol–water partition coefficient (Wildman–Crippen LogP) is 9.62. The van der Waals surface area contributed by atoms with Crippen molar-refractivity contribution in [3.63, 3.8) is 0 Å². The Labute approximate surface area is 402 Å². The number of oxime groups is 1. The van der Waals surface area contributed by atoms with Crippen LogP contribution in [-0.2, 0) is 32.2 Å². The fourth-order valence-corrected chi connectivity index (χ4v) is 10.2. The van der Waals surface area contributed by atoms with Gasteiger partial charge in [0.05, 0.1) is 42.4 Å². The van der Waals surface area contributed by atoms with Crippen LogP contribution in [0.15, 0.2) is 120 Å². The van der Waals surface area contributed by atoms with Gasteiger partial charge in [0, 0.05) is 43.7 Å². The molecule has 0 bridgehead atoms. The van der Waals surface area contributed by atoms with Gasteiger partial charge < -0.3 is 48.2 Å². The van der Waals surface area contributed by atoms with Gasteiger partial charge >= 0.3 is 6.09 Å². The third kappa shape index (κ3) is 11.2. The maximum absolute atomic E-state index is 15.0. The number of non-ortho nitro benzene ring substituents is 1. The molecule has 8 rings (SSSR count). The summed E-state index contributed by atoms with van der Waals surface area (Å²) in [5.74, 6) is -0.208. The molecular weight excluding hydrogens is 887 g/mol. The topological polar surface area (TPSA) is 190 Å². The fraction of sp³-hybridized carbons (Fsp3) is 0.434.